The molecule has 2 rings (SSSR count). The molecule has 0 aromatic heterocycles. The fourth-order valence-electron chi connectivity index (χ4n) is 2.78. The van der Waals surface area contributed by atoms with Gasteiger partial charge in [-0.15, -0.1) is 0 Å². The van der Waals surface area contributed by atoms with Crippen molar-refractivity contribution in [1.29, 1.82) is 0 Å². The number of ether oxygens (including phenoxy) is 1. The van der Waals surface area contributed by atoms with E-state index in [0.29, 0.717) is 13.0 Å². The van der Waals surface area contributed by atoms with E-state index in [1.165, 1.54) is 0 Å². The molecule has 1 aromatic rings. The lowest BCUT2D eigenvalue weighted by Crippen LogP contribution is -2.34. The van der Waals surface area contributed by atoms with Gasteiger partial charge in [-0.1, -0.05) is 0 Å². The summed E-state index contributed by atoms with van der Waals surface area (Å²) in [7, 11) is 1.62. The molecule has 1 aromatic carbocycles. The van der Waals surface area contributed by atoms with E-state index in [9.17, 15) is 9.59 Å². The van der Waals surface area contributed by atoms with E-state index in [1.807, 2.05) is 26.8 Å². The van der Waals surface area contributed by atoms with E-state index < -0.39 is 11.9 Å². The number of amides is 2. The van der Waals surface area contributed by atoms with Crippen molar-refractivity contribution in [1.82, 2.24) is 4.90 Å². The molecule has 6 nitrogen and oxygen atoms in total. The molecule has 1 aliphatic heterocycles. The first-order chi connectivity index (χ1) is 10.3. The zero-order valence-electron chi connectivity index (χ0n) is 13.4. The number of nitrogens with zero attached hydrogens (tertiary/aromatic N) is 1. The third-order valence-corrected chi connectivity index (χ3v) is 4.33. The van der Waals surface area contributed by atoms with Gasteiger partial charge in [-0.2, -0.15) is 0 Å². The number of aliphatic carboxylic acids is 1. The third kappa shape index (κ3) is 3.00. The number of carbonyl (C=O) groups is 2. The lowest BCUT2D eigenvalue weighted by atomic mass is 10.0. The Bertz CT molecular complexity index is 613. The maximum absolute atomic E-state index is 12.3. The minimum Gasteiger partial charge on any atom is -0.496 e. The van der Waals surface area contributed by atoms with Crippen LogP contribution in [-0.4, -0.2) is 42.2 Å². The van der Waals surface area contributed by atoms with Crippen LogP contribution in [0.5, 0.6) is 5.75 Å². The van der Waals surface area contributed by atoms with Gasteiger partial charge >= 0.3 is 12.0 Å². The minimum atomic E-state index is -0.844. The van der Waals surface area contributed by atoms with Crippen LogP contribution in [0.1, 0.15) is 23.1 Å². The highest BCUT2D eigenvalue weighted by Crippen LogP contribution is 2.31. The highest BCUT2D eigenvalue weighted by Gasteiger charge is 2.31. The summed E-state index contributed by atoms with van der Waals surface area (Å²) in [5, 5.41) is 11.9. The second-order valence-electron chi connectivity index (χ2n) is 5.72. The van der Waals surface area contributed by atoms with Crippen molar-refractivity contribution in [2.45, 2.75) is 27.2 Å². The second kappa shape index (κ2) is 6.25. The quantitative estimate of drug-likeness (QED) is 0.899. The van der Waals surface area contributed by atoms with E-state index >= 15 is 0 Å². The SMILES string of the molecule is COc1cc(C)c(NC(=O)N2CCC(C(=O)O)C2)c(C)c1C. The summed E-state index contributed by atoms with van der Waals surface area (Å²) in [6.07, 6.45) is 0.502. The number of nitrogens with one attached hydrogen (secondary N) is 1. The van der Waals surface area contributed by atoms with Crippen LogP contribution < -0.4 is 10.1 Å². The molecule has 1 atom stereocenters. The van der Waals surface area contributed by atoms with Crippen molar-refractivity contribution < 1.29 is 19.4 Å². The van der Waals surface area contributed by atoms with Crippen molar-refractivity contribution in [3.05, 3.63) is 22.8 Å². The molecule has 0 bridgehead atoms. The number of urea groups is 1. The number of carboxylic acids is 1. The summed E-state index contributed by atoms with van der Waals surface area (Å²) in [5.41, 5.74) is 3.62. The van der Waals surface area contributed by atoms with Gasteiger partial charge in [0.15, 0.2) is 0 Å². The van der Waals surface area contributed by atoms with Gasteiger partial charge in [0.05, 0.1) is 13.0 Å². The zero-order valence-corrected chi connectivity index (χ0v) is 13.4. The number of likely N-dealkylation sites (tertiary alicyclic amines) is 1. The minimum absolute atomic E-state index is 0.250. The van der Waals surface area contributed by atoms with Gasteiger partial charge in [-0.25, -0.2) is 4.79 Å². The second-order valence-corrected chi connectivity index (χ2v) is 5.72. The molecule has 1 heterocycles. The summed E-state index contributed by atoms with van der Waals surface area (Å²) >= 11 is 0. The lowest BCUT2D eigenvalue weighted by molar-refractivity contribution is -0.141. The molecule has 0 saturated carbocycles. The molecule has 6 heteroatoms. The topological polar surface area (TPSA) is 78.9 Å². The normalized spacial score (nSPS) is 17.5. The molecule has 1 saturated heterocycles. The average molecular weight is 306 g/mol. The molecular weight excluding hydrogens is 284 g/mol. The molecule has 120 valence electrons. The van der Waals surface area contributed by atoms with Crippen molar-refractivity contribution in [3.8, 4) is 5.75 Å². The first-order valence-corrected chi connectivity index (χ1v) is 7.28. The van der Waals surface area contributed by atoms with Crippen molar-refractivity contribution in [2.24, 2.45) is 5.92 Å². The van der Waals surface area contributed by atoms with Gasteiger partial charge in [-0.05, 0) is 49.9 Å². The number of methoxy groups -OCH3 is 1. The summed E-state index contributed by atoms with van der Waals surface area (Å²) in [4.78, 5) is 24.9. The molecular formula is C16H22N2O4. The maximum Gasteiger partial charge on any atom is 0.321 e. The zero-order chi connectivity index (χ0) is 16.4. The van der Waals surface area contributed by atoms with Gasteiger partial charge in [-0.3, -0.25) is 4.79 Å². The molecule has 0 radical (unpaired) electrons. The number of hydrogen-bond acceptors (Lipinski definition) is 3. The van der Waals surface area contributed by atoms with Crippen molar-refractivity contribution in [2.75, 3.05) is 25.5 Å². The number of carboxylic acid groups (broad SMARTS) is 1. The van der Waals surface area contributed by atoms with Gasteiger partial charge in [0, 0.05) is 18.8 Å². The molecule has 1 fully saturated rings. The average Bonchev–Trinajstić information content (AvgIpc) is 2.97. The molecule has 0 aliphatic carbocycles. The van der Waals surface area contributed by atoms with Gasteiger partial charge < -0.3 is 20.1 Å². The number of carbonyl (C=O) groups excluding carboxylic acids is 1. The van der Waals surface area contributed by atoms with E-state index in [4.69, 9.17) is 9.84 Å². The smallest absolute Gasteiger partial charge is 0.321 e. The van der Waals surface area contributed by atoms with Crippen LogP contribution in [0.4, 0.5) is 10.5 Å². The van der Waals surface area contributed by atoms with Crippen molar-refractivity contribution in [3.63, 3.8) is 0 Å². The Morgan fingerprint density at radius 2 is 2.00 bits per heavy atom. The first kappa shape index (κ1) is 16.1. The predicted molar refractivity (Wildman–Crippen MR) is 83.5 cm³/mol. The highest BCUT2D eigenvalue weighted by atomic mass is 16.5. The predicted octanol–water partition coefficient (Wildman–Crippen LogP) is 2.56. The molecule has 22 heavy (non-hydrogen) atoms. The van der Waals surface area contributed by atoms with Crippen LogP contribution in [-0.2, 0) is 4.79 Å². The van der Waals surface area contributed by atoms with Crippen LogP contribution in [0.3, 0.4) is 0 Å². The van der Waals surface area contributed by atoms with Gasteiger partial charge in [0.25, 0.3) is 0 Å². The largest absolute Gasteiger partial charge is 0.496 e. The van der Waals surface area contributed by atoms with E-state index in [2.05, 4.69) is 5.32 Å². The molecule has 1 unspecified atom stereocenters. The summed E-state index contributed by atoms with van der Waals surface area (Å²) < 4.78 is 5.32. The Kier molecular flexibility index (Phi) is 4.59. The van der Waals surface area contributed by atoms with Crippen molar-refractivity contribution >= 4 is 17.7 Å². The van der Waals surface area contributed by atoms with Gasteiger partial charge in [0.2, 0.25) is 0 Å². The van der Waals surface area contributed by atoms with Crippen LogP contribution in [0.2, 0.25) is 0 Å². The van der Waals surface area contributed by atoms with Crippen LogP contribution in [0.15, 0.2) is 6.07 Å². The van der Waals surface area contributed by atoms with Crippen LogP contribution >= 0.6 is 0 Å². The number of anilines is 1. The summed E-state index contributed by atoms with van der Waals surface area (Å²) in [6, 6.07) is 1.64. The van der Waals surface area contributed by atoms with Crippen LogP contribution in [0.25, 0.3) is 0 Å². The Morgan fingerprint density at radius 1 is 1.32 bits per heavy atom. The maximum atomic E-state index is 12.3. The Labute approximate surface area is 130 Å². The lowest BCUT2D eigenvalue weighted by Gasteiger charge is -2.21. The fourth-order valence-corrected chi connectivity index (χ4v) is 2.78. The van der Waals surface area contributed by atoms with E-state index in [-0.39, 0.29) is 12.6 Å². The van der Waals surface area contributed by atoms with Crippen LogP contribution in [0, 0.1) is 26.7 Å². The first-order valence-electron chi connectivity index (χ1n) is 7.28. The Balaban J connectivity index is 2.16. The Hall–Kier alpha value is -2.24. The number of hydrogen-bond donors (Lipinski definition) is 2. The van der Waals surface area contributed by atoms with Gasteiger partial charge in [0.1, 0.15) is 5.75 Å². The number of aryl methyl sites for hydroxylation is 1. The summed E-state index contributed by atoms with van der Waals surface area (Å²) in [5.74, 6) is -0.520. The molecule has 2 N–H and O–H groups in total. The monoisotopic (exact) mass is 306 g/mol. The number of benzene rings is 1. The highest BCUT2D eigenvalue weighted by molar-refractivity contribution is 5.92. The Morgan fingerprint density at radius 3 is 2.55 bits per heavy atom. The third-order valence-electron chi connectivity index (χ3n) is 4.33. The van der Waals surface area contributed by atoms with E-state index in [1.54, 1.807) is 12.0 Å². The fraction of sp³-hybridized carbons (Fsp3) is 0.500. The number of rotatable bonds is 3. The summed E-state index contributed by atoms with van der Waals surface area (Å²) in [6.45, 7) is 6.52. The molecule has 1 aliphatic rings. The standard InChI is InChI=1S/C16H22N2O4/c1-9-7-13(22-4)10(2)11(3)14(9)17-16(21)18-6-5-12(8-18)15(19)20/h7,12H,5-6,8H2,1-4H3,(H,17,21)(H,19,20). The molecule has 2 amide bonds. The molecule has 0 spiro atoms. The van der Waals surface area contributed by atoms with E-state index in [0.717, 1.165) is 28.1 Å².